The van der Waals surface area contributed by atoms with Gasteiger partial charge in [-0.15, -0.1) is 0 Å². The average Bonchev–Trinajstić information content (AvgIpc) is 3.27. The van der Waals surface area contributed by atoms with Crippen LogP contribution in [-0.2, 0) is 0 Å². The molecule has 0 unspecified atom stereocenters. The molecule has 0 aliphatic carbocycles. The lowest BCUT2D eigenvalue weighted by atomic mass is 10.2. The van der Waals surface area contributed by atoms with E-state index in [9.17, 15) is 14.9 Å². The zero-order valence-electron chi connectivity index (χ0n) is 18.3. The molecule has 0 N–H and O–H groups in total. The summed E-state index contributed by atoms with van der Waals surface area (Å²) in [7, 11) is 0. The summed E-state index contributed by atoms with van der Waals surface area (Å²) in [6, 6.07) is 18.5. The number of nitro groups is 1. The van der Waals surface area contributed by atoms with Crippen LogP contribution in [-0.4, -0.2) is 27.4 Å². The average molecular weight is 533 g/mol. The highest BCUT2D eigenvalue weighted by Gasteiger charge is 2.17. The Kier molecular flexibility index (Phi) is 5.87. The van der Waals surface area contributed by atoms with Crippen LogP contribution in [0.25, 0.3) is 33.5 Å². The molecular weight excluding hydrogens is 516 g/mol. The molecule has 5 aromatic rings. The van der Waals surface area contributed by atoms with Gasteiger partial charge in [-0.05, 0) is 49.4 Å². The fourth-order valence-corrected chi connectivity index (χ4v) is 4.05. The van der Waals surface area contributed by atoms with Gasteiger partial charge in [0, 0.05) is 27.6 Å². The van der Waals surface area contributed by atoms with E-state index >= 15 is 0 Å². The third-order valence-corrected chi connectivity index (χ3v) is 5.76. The first-order valence-corrected chi connectivity index (χ1v) is 11.4. The number of benzene rings is 3. The van der Waals surface area contributed by atoms with Gasteiger partial charge in [0.05, 0.1) is 28.6 Å². The van der Waals surface area contributed by atoms with Crippen molar-refractivity contribution >= 4 is 49.7 Å². The Morgan fingerprint density at radius 1 is 1.17 bits per heavy atom. The maximum atomic E-state index is 13.4. The molecule has 0 aliphatic rings. The molecule has 0 spiro atoms. The van der Waals surface area contributed by atoms with E-state index < -0.39 is 10.5 Å². The second-order valence-corrected chi connectivity index (χ2v) is 8.43. The Balaban J connectivity index is 1.72. The highest BCUT2D eigenvalue weighted by Crippen LogP contribution is 2.29. The maximum Gasteiger partial charge on any atom is 0.282 e. The molecule has 174 valence electrons. The van der Waals surface area contributed by atoms with Crippen LogP contribution < -0.4 is 10.3 Å². The van der Waals surface area contributed by atoms with Crippen molar-refractivity contribution in [3.05, 3.63) is 97.2 Å². The summed E-state index contributed by atoms with van der Waals surface area (Å²) in [4.78, 5) is 28.8. The molecule has 5 rings (SSSR count). The van der Waals surface area contributed by atoms with Crippen molar-refractivity contribution in [1.82, 2.24) is 9.66 Å². The number of fused-ring (bicyclic) bond motifs is 2. The van der Waals surface area contributed by atoms with E-state index in [0.29, 0.717) is 40.2 Å². The zero-order valence-corrected chi connectivity index (χ0v) is 19.9. The number of aromatic nitrogens is 2. The summed E-state index contributed by atoms with van der Waals surface area (Å²) in [6.45, 7) is 2.16. The molecule has 0 bridgehead atoms. The number of hydrogen-bond acceptors (Lipinski definition) is 7. The van der Waals surface area contributed by atoms with Gasteiger partial charge in [-0.1, -0.05) is 28.1 Å². The Morgan fingerprint density at radius 3 is 2.80 bits per heavy atom. The van der Waals surface area contributed by atoms with Gasteiger partial charge < -0.3 is 9.15 Å². The number of hydrogen-bond donors (Lipinski definition) is 0. The molecule has 0 amide bonds. The second-order valence-electron chi connectivity index (χ2n) is 7.52. The monoisotopic (exact) mass is 532 g/mol. The first-order chi connectivity index (χ1) is 16.9. The minimum atomic E-state index is -0.505. The highest BCUT2D eigenvalue weighted by atomic mass is 79.9. The molecule has 0 saturated carbocycles. The van der Waals surface area contributed by atoms with Crippen molar-refractivity contribution in [3.8, 4) is 17.3 Å². The molecule has 0 saturated heterocycles. The van der Waals surface area contributed by atoms with Gasteiger partial charge in [-0.3, -0.25) is 14.9 Å². The molecule has 2 heterocycles. The quantitative estimate of drug-likeness (QED) is 0.156. The number of non-ortho nitro benzene ring substituents is 1. The van der Waals surface area contributed by atoms with Gasteiger partial charge in [0.2, 0.25) is 5.82 Å². The molecule has 35 heavy (non-hydrogen) atoms. The van der Waals surface area contributed by atoms with Crippen LogP contribution in [0.3, 0.4) is 0 Å². The highest BCUT2D eigenvalue weighted by molar-refractivity contribution is 9.10. The third-order valence-electron chi connectivity index (χ3n) is 5.27. The molecule has 0 aliphatic heterocycles. The Labute approximate surface area is 206 Å². The lowest BCUT2D eigenvalue weighted by molar-refractivity contribution is -0.384. The Hall–Kier alpha value is -4.31. The second kappa shape index (κ2) is 9.15. The molecule has 9 nitrogen and oxygen atoms in total. The molecule has 0 radical (unpaired) electrons. The van der Waals surface area contributed by atoms with E-state index in [-0.39, 0.29) is 11.5 Å². The summed E-state index contributed by atoms with van der Waals surface area (Å²) in [5.41, 5.74) is 0.929. The topological polar surface area (TPSA) is 113 Å². The van der Waals surface area contributed by atoms with Crippen molar-refractivity contribution in [1.29, 1.82) is 0 Å². The van der Waals surface area contributed by atoms with Crippen molar-refractivity contribution in [2.75, 3.05) is 6.61 Å². The van der Waals surface area contributed by atoms with Crippen LogP contribution >= 0.6 is 15.9 Å². The number of nitro benzene ring substituents is 1. The fourth-order valence-electron chi connectivity index (χ4n) is 3.67. The van der Waals surface area contributed by atoms with Gasteiger partial charge >= 0.3 is 0 Å². The Bertz CT molecular complexity index is 1690. The van der Waals surface area contributed by atoms with Crippen molar-refractivity contribution in [3.63, 3.8) is 0 Å². The standard InChI is InChI=1S/C25H17BrN4O5/c1-2-34-21-10-8-18(30(32)33)12-16(21)14-27-29-24(28-20-6-4-3-5-19(20)25(29)31)23-13-15-11-17(26)7-9-22(15)35-23/h3-14H,2H2,1H3. The Morgan fingerprint density at radius 2 is 2.00 bits per heavy atom. The summed E-state index contributed by atoms with van der Waals surface area (Å²) in [6.07, 6.45) is 1.35. The molecule has 2 aromatic heterocycles. The van der Waals surface area contributed by atoms with E-state index in [0.717, 1.165) is 14.5 Å². The zero-order chi connectivity index (χ0) is 24.5. The molecule has 3 aromatic carbocycles. The number of rotatable bonds is 6. The minimum Gasteiger partial charge on any atom is -0.493 e. The molecule has 0 atom stereocenters. The van der Waals surface area contributed by atoms with Crippen LogP contribution in [0.15, 0.2) is 85.5 Å². The van der Waals surface area contributed by atoms with Crippen LogP contribution in [0.1, 0.15) is 12.5 Å². The number of halogens is 1. The summed E-state index contributed by atoms with van der Waals surface area (Å²) in [5, 5.41) is 16.9. The van der Waals surface area contributed by atoms with Gasteiger partial charge in [0.1, 0.15) is 11.3 Å². The van der Waals surface area contributed by atoms with Crippen LogP contribution in [0, 0.1) is 10.1 Å². The summed E-state index contributed by atoms with van der Waals surface area (Å²) >= 11 is 3.45. The lowest BCUT2D eigenvalue weighted by Gasteiger charge is -2.09. The van der Waals surface area contributed by atoms with Crippen LogP contribution in [0.4, 0.5) is 5.69 Å². The summed E-state index contributed by atoms with van der Waals surface area (Å²) < 4.78 is 13.6. The normalized spacial score (nSPS) is 11.5. The lowest BCUT2D eigenvalue weighted by Crippen LogP contribution is -2.20. The number of furan rings is 1. The van der Waals surface area contributed by atoms with Gasteiger partial charge in [-0.2, -0.15) is 9.78 Å². The molecule has 10 heteroatoms. The predicted octanol–water partition coefficient (Wildman–Crippen LogP) is 5.76. The summed E-state index contributed by atoms with van der Waals surface area (Å²) in [5.74, 6) is 0.946. The van der Waals surface area contributed by atoms with Crippen molar-refractivity contribution < 1.29 is 14.1 Å². The van der Waals surface area contributed by atoms with E-state index in [4.69, 9.17) is 9.15 Å². The largest absolute Gasteiger partial charge is 0.493 e. The third kappa shape index (κ3) is 4.31. The van der Waals surface area contributed by atoms with E-state index in [1.54, 1.807) is 37.3 Å². The van der Waals surface area contributed by atoms with Crippen molar-refractivity contribution in [2.24, 2.45) is 5.10 Å². The van der Waals surface area contributed by atoms with Gasteiger partial charge in [-0.25, -0.2) is 4.98 Å². The predicted molar refractivity (Wildman–Crippen MR) is 136 cm³/mol. The van der Waals surface area contributed by atoms with E-state index in [1.165, 1.54) is 24.4 Å². The number of ether oxygens (including phenoxy) is 1. The SMILES string of the molecule is CCOc1ccc([N+](=O)[O-])cc1C=Nn1c(-c2cc3cc(Br)ccc3o2)nc2ccccc2c1=O. The first kappa shape index (κ1) is 22.5. The number of nitrogens with zero attached hydrogens (tertiary/aromatic N) is 4. The maximum absolute atomic E-state index is 13.4. The van der Waals surface area contributed by atoms with E-state index in [1.807, 2.05) is 18.2 Å². The smallest absolute Gasteiger partial charge is 0.282 e. The van der Waals surface area contributed by atoms with E-state index in [2.05, 4.69) is 26.0 Å². The number of para-hydroxylation sites is 1. The van der Waals surface area contributed by atoms with Gasteiger partial charge in [0.15, 0.2) is 5.76 Å². The van der Waals surface area contributed by atoms with Crippen molar-refractivity contribution in [2.45, 2.75) is 6.92 Å². The molecular formula is C25H17BrN4O5. The first-order valence-electron chi connectivity index (χ1n) is 10.6. The van der Waals surface area contributed by atoms with Gasteiger partial charge in [0.25, 0.3) is 11.2 Å². The fraction of sp³-hybridized carbons (Fsp3) is 0.0800. The van der Waals surface area contributed by atoms with Crippen LogP contribution in [0.5, 0.6) is 5.75 Å². The minimum absolute atomic E-state index is 0.123. The molecule has 0 fully saturated rings. The van der Waals surface area contributed by atoms with Crippen LogP contribution in [0.2, 0.25) is 0 Å².